The van der Waals surface area contributed by atoms with E-state index in [4.69, 9.17) is 0 Å². The van der Waals surface area contributed by atoms with Crippen LogP contribution in [0.25, 0.3) is 0 Å². The molecule has 1 heterocycles. The molecule has 1 atom stereocenters. The Hall–Kier alpha value is -0.0800. The van der Waals surface area contributed by atoms with Crippen molar-refractivity contribution in [2.45, 2.75) is 49.0 Å². The first-order chi connectivity index (χ1) is 9.98. The topological polar surface area (TPSA) is 49.4 Å². The number of thiophene rings is 1. The van der Waals surface area contributed by atoms with Crippen molar-refractivity contribution < 1.29 is 8.42 Å². The van der Waals surface area contributed by atoms with E-state index in [0.717, 1.165) is 23.6 Å². The molecule has 0 spiro atoms. The van der Waals surface area contributed by atoms with E-state index >= 15 is 0 Å². The summed E-state index contributed by atoms with van der Waals surface area (Å²) >= 11 is 3.07. The molecule has 1 aliphatic rings. The van der Waals surface area contributed by atoms with Crippen LogP contribution in [0.15, 0.2) is 16.3 Å². The molecular weight excluding hydrogens is 324 g/mol. The predicted molar refractivity (Wildman–Crippen MR) is 91.6 cm³/mol. The standard InChI is InChI=1S/C14H24N2O2S3/c1-4-12(10-19-3)16(2)21(17,18)14-8-7-13(20-14)9-15-11-5-6-11/h7-8,11-12,15H,4-6,9-10H2,1-3H3. The number of nitrogens with one attached hydrogen (secondary N) is 1. The molecule has 1 unspecified atom stereocenters. The molecule has 1 N–H and O–H groups in total. The van der Waals surface area contributed by atoms with Gasteiger partial charge in [-0.1, -0.05) is 6.92 Å². The lowest BCUT2D eigenvalue weighted by atomic mass is 10.3. The van der Waals surface area contributed by atoms with Gasteiger partial charge >= 0.3 is 0 Å². The molecule has 1 aromatic heterocycles. The third kappa shape index (κ3) is 4.45. The zero-order chi connectivity index (χ0) is 15.5. The van der Waals surface area contributed by atoms with Gasteiger partial charge in [-0.3, -0.25) is 0 Å². The van der Waals surface area contributed by atoms with Gasteiger partial charge in [0.05, 0.1) is 0 Å². The minimum atomic E-state index is -3.36. The minimum absolute atomic E-state index is 0.0557. The maximum Gasteiger partial charge on any atom is 0.252 e. The largest absolute Gasteiger partial charge is 0.309 e. The quantitative estimate of drug-likeness (QED) is 0.745. The molecule has 1 aromatic rings. The van der Waals surface area contributed by atoms with Crippen molar-refractivity contribution in [3.8, 4) is 0 Å². The lowest BCUT2D eigenvalue weighted by molar-refractivity contribution is 0.386. The Bertz CT molecular complexity index is 552. The van der Waals surface area contributed by atoms with Crippen LogP contribution in [-0.4, -0.2) is 43.9 Å². The van der Waals surface area contributed by atoms with E-state index in [2.05, 4.69) is 5.32 Å². The fraction of sp³-hybridized carbons (Fsp3) is 0.714. The van der Waals surface area contributed by atoms with Crippen LogP contribution in [0.4, 0.5) is 0 Å². The summed E-state index contributed by atoms with van der Waals surface area (Å²) in [5, 5.41) is 3.42. The van der Waals surface area contributed by atoms with Crippen molar-refractivity contribution in [3.05, 3.63) is 17.0 Å². The first-order valence-electron chi connectivity index (χ1n) is 7.28. The summed E-state index contributed by atoms with van der Waals surface area (Å²) in [6, 6.07) is 4.36. The molecule has 120 valence electrons. The van der Waals surface area contributed by atoms with E-state index in [1.807, 2.05) is 19.2 Å². The van der Waals surface area contributed by atoms with Crippen LogP contribution in [0.5, 0.6) is 0 Å². The highest BCUT2D eigenvalue weighted by Crippen LogP contribution is 2.27. The van der Waals surface area contributed by atoms with Crippen molar-refractivity contribution in [2.75, 3.05) is 19.1 Å². The maximum absolute atomic E-state index is 12.7. The van der Waals surface area contributed by atoms with Crippen molar-refractivity contribution in [1.82, 2.24) is 9.62 Å². The third-order valence-electron chi connectivity index (χ3n) is 3.76. The lowest BCUT2D eigenvalue weighted by Crippen LogP contribution is -2.37. The Labute approximate surface area is 136 Å². The van der Waals surface area contributed by atoms with E-state index < -0.39 is 10.0 Å². The Morgan fingerprint density at radius 3 is 2.76 bits per heavy atom. The molecule has 0 saturated heterocycles. The Kier molecular flexibility index (Phi) is 6.14. The Morgan fingerprint density at radius 1 is 1.48 bits per heavy atom. The molecule has 0 bridgehead atoms. The predicted octanol–water partition coefficient (Wildman–Crippen LogP) is 2.76. The summed E-state index contributed by atoms with van der Waals surface area (Å²) in [4.78, 5) is 1.09. The summed E-state index contributed by atoms with van der Waals surface area (Å²) in [5.74, 6) is 0.827. The van der Waals surface area contributed by atoms with Gasteiger partial charge in [-0.05, 0) is 37.7 Å². The van der Waals surface area contributed by atoms with Gasteiger partial charge in [0.25, 0.3) is 10.0 Å². The van der Waals surface area contributed by atoms with Crippen LogP contribution in [0.3, 0.4) is 0 Å². The van der Waals surface area contributed by atoms with E-state index in [-0.39, 0.29) is 6.04 Å². The van der Waals surface area contributed by atoms with Gasteiger partial charge in [-0.15, -0.1) is 11.3 Å². The normalized spacial score (nSPS) is 17.3. The van der Waals surface area contributed by atoms with Crippen molar-refractivity contribution in [3.63, 3.8) is 0 Å². The van der Waals surface area contributed by atoms with E-state index in [1.54, 1.807) is 24.9 Å². The van der Waals surface area contributed by atoms with E-state index in [1.165, 1.54) is 28.5 Å². The second-order valence-corrected chi connectivity index (χ2v) is 9.72. The summed E-state index contributed by atoms with van der Waals surface area (Å²) in [6.07, 6.45) is 5.33. The molecule has 0 radical (unpaired) electrons. The van der Waals surface area contributed by atoms with Crippen LogP contribution >= 0.6 is 23.1 Å². The smallest absolute Gasteiger partial charge is 0.252 e. The van der Waals surface area contributed by atoms with Gasteiger partial charge in [-0.2, -0.15) is 16.1 Å². The fourth-order valence-electron chi connectivity index (χ4n) is 2.13. The average molecular weight is 349 g/mol. The van der Waals surface area contributed by atoms with Crippen LogP contribution in [0.1, 0.15) is 31.1 Å². The van der Waals surface area contributed by atoms with Crippen LogP contribution in [-0.2, 0) is 16.6 Å². The first kappa shape index (κ1) is 17.3. The molecule has 0 aliphatic heterocycles. The zero-order valence-corrected chi connectivity index (χ0v) is 15.3. The highest BCUT2D eigenvalue weighted by molar-refractivity contribution is 7.98. The molecule has 0 amide bonds. The molecule has 1 aliphatic carbocycles. The molecule has 1 saturated carbocycles. The molecule has 7 heteroatoms. The van der Waals surface area contributed by atoms with Crippen molar-refractivity contribution >= 4 is 33.1 Å². The Morgan fingerprint density at radius 2 is 2.19 bits per heavy atom. The molecule has 0 aromatic carbocycles. The number of hydrogen-bond donors (Lipinski definition) is 1. The Balaban J connectivity index is 2.06. The average Bonchev–Trinajstić information content (AvgIpc) is 3.17. The highest BCUT2D eigenvalue weighted by Gasteiger charge is 2.28. The van der Waals surface area contributed by atoms with Gasteiger partial charge in [0.15, 0.2) is 0 Å². The molecular formula is C14H24N2O2S3. The van der Waals surface area contributed by atoms with Gasteiger partial charge in [-0.25, -0.2) is 8.42 Å². The van der Waals surface area contributed by atoms with E-state index in [0.29, 0.717) is 10.3 Å². The molecule has 4 nitrogen and oxygen atoms in total. The van der Waals surface area contributed by atoms with Gasteiger partial charge in [0, 0.05) is 36.3 Å². The second kappa shape index (κ2) is 7.46. The van der Waals surface area contributed by atoms with E-state index in [9.17, 15) is 8.42 Å². The first-order valence-corrected chi connectivity index (χ1v) is 10.9. The van der Waals surface area contributed by atoms with Crippen molar-refractivity contribution in [1.29, 1.82) is 0 Å². The SMILES string of the molecule is CCC(CSC)N(C)S(=O)(=O)c1ccc(CNC2CC2)s1. The molecule has 1 fully saturated rings. The van der Waals surface area contributed by atoms with Gasteiger partial charge < -0.3 is 5.32 Å². The maximum atomic E-state index is 12.7. The molecule has 2 rings (SSSR count). The third-order valence-corrected chi connectivity index (χ3v) is 7.94. The molecule has 21 heavy (non-hydrogen) atoms. The summed E-state index contributed by atoms with van der Waals surface area (Å²) in [6.45, 7) is 2.81. The second-order valence-electron chi connectivity index (χ2n) is 5.41. The highest BCUT2D eigenvalue weighted by atomic mass is 32.2. The van der Waals surface area contributed by atoms with Gasteiger partial charge in [0.1, 0.15) is 4.21 Å². The number of rotatable bonds is 9. The number of sulfonamides is 1. The number of hydrogen-bond acceptors (Lipinski definition) is 5. The fourth-order valence-corrected chi connectivity index (χ4v) is 5.99. The van der Waals surface area contributed by atoms with Crippen LogP contribution in [0, 0.1) is 0 Å². The van der Waals surface area contributed by atoms with Gasteiger partial charge in [0.2, 0.25) is 0 Å². The number of thioether (sulfide) groups is 1. The van der Waals surface area contributed by atoms with Crippen LogP contribution < -0.4 is 5.32 Å². The zero-order valence-electron chi connectivity index (χ0n) is 12.8. The minimum Gasteiger partial charge on any atom is -0.309 e. The lowest BCUT2D eigenvalue weighted by Gasteiger charge is -2.25. The van der Waals surface area contributed by atoms with Crippen molar-refractivity contribution in [2.24, 2.45) is 0 Å². The summed E-state index contributed by atoms with van der Waals surface area (Å²) in [7, 11) is -1.67. The summed E-state index contributed by atoms with van der Waals surface area (Å²) in [5.41, 5.74) is 0. The van der Waals surface area contributed by atoms with Crippen LogP contribution in [0.2, 0.25) is 0 Å². The summed E-state index contributed by atoms with van der Waals surface area (Å²) < 4.78 is 27.3. The monoisotopic (exact) mass is 348 g/mol. The number of nitrogens with zero attached hydrogens (tertiary/aromatic N) is 1.